The van der Waals surface area contributed by atoms with Gasteiger partial charge < -0.3 is 121 Å². The molecule has 3 rings (SSSR count). The highest BCUT2D eigenvalue weighted by Crippen LogP contribution is 2.16. The Morgan fingerprint density at radius 3 is 1.09 bits per heavy atom. The van der Waals surface area contributed by atoms with E-state index in [0.29, 0.717) is 11.1 Å². The van der Waals surface area contributed by atoms with Crippen molar-refractivity contribution in [2.24, 2.45) is 17.4 Å². The number of amides is 11. The van der Waals surface area contributed by atoms with E-state index in [2.05, 4.69) is 53.2 Å². The Balaban J connectivity index is 1.95. The number of aromatic hydroxyl groups is 2. The molecule has 11 amide bonds. The van der Waals surface area contributed by atoms with Crippen molar-refractivity contribution < 1.29 is 118 Å². The minimum absolute atomic E-state index is 0.0826. The van der Waals surface area contributed by atoms with Crippen LogP contribution in [0.4, 0.5) is 0 Å². The van der Waals surface area contributed by atoms with E-state index in [9.17, 15) is 118 Å². The van der Waals surface area contributed by atoms with Crippen LogP contribution in [0.5, 0.6) is 11.5 Å². The molecule has 0 spiro atoms. The topological polar surface area (TPSA) is 626 Å². The van der Waals surface area contributed by atoms with Crippen molar-refractivity contribution in [2.75, 3.05) is 26.4 Å². The zero-order valence-electron chi connectivity index (χ0n) is 55.7. The van der Waals surface area contributed by atoms with Gasteiger partial charge >= 0.3 is 17.9 Å². The van der Waals surface area contributed by atoms with Crippen molar-refractivity contribution in [2.45, 2.75) is 170 Å². The summed E-state index contributed by atoms with van der Waals surface area (Å²) in [6, 6.07) is -3.34. The van der Waals surface area contributed by atoms with Crippen molar-refractivity contribution in [3.8, 4) is 11.5 Å². The second-order valence-corrected chi connectivity index (χ2v) is 24.0. The lowest BCUT2D eigenvalue weighted by Gasteiger charge is -2.28. The van der Waals surface area contributed by atoms with Gasteiger partial charge in [0.05, 0.1) is 44.9 Å². The number of aliphatic carboxylic acids is 3. The number of carboxylic acids is 3. The van der Waals surface area contributed by atoms with Gasteiger partial charge in [-0.15, -0.1) is 0 Å². The molecular weight excluding hydrogens is 1330 g/mol. The Morgan fingerprint density at radius 2 is 0.703 bits per heavy atom. The summed E-state index contributed by atoms with van der Waals surface area (Å²) in [5.41, 5.74) is 12.5. The summed E-state index contributed by atoms with van der Waals surface area (Å²) < 4.78 is 0. The lowest BCUT2D eigenvalue weighted by atomic mass is 10.00. The van der Waals surface area contributed by atoms with Gasteiger partial charge in [-0.3, -0.25) is 62.3 Å². The van der Waals surface area contributed by atoms with Crippen LogP contribution in [-0.2, 0) is 86.4 Å². The Bertz CT molecular complexity index is 3310. The number of phenols is 2. The van der Waals surface area contributed by atoms with Gasteiger partial charge in [0.2, 0.25) is 65.0 Å². The van der Waals surface area contributed by atoms with Crippen molar-refractivity contribution in [3.63, 3.8) is 0 Å². The maximum absolute atomic E-state index is 14.5. The number of carboxylic acid groups (broad SMARTS) is 3. The summed E-state index contributed by atoms with van der Waals surface area (Å²) in [5, 5.41) is 125. The Hall–Kier alpha value is -10.4. The molecule has 556 valence electrons. The predicted octanol–water partition coefficient (Wildman–Crippen LogP) is -7.27. The molecule has 37 heteroatoms. The highest BCUT2D eigenvalue weighted by atomic mass is 16.4. The third-order valence-corrected chi connectivity index (χ3v) is 15.2. The highest BCUT2D eigenvalue weighted by molar-refractivity contribution is 6.00. The smallest absolute Gasteiger partial charge is 0.328 e. The molecule has 0 bridgehead atoms. The number of benzene rings is 3. The molecule has 0 radical (unpaired) electrons. The lowest BCUT2D eigenvalue weighted by Crippen LogP contribution is -2.63. The molecule has 14 atom stereocenters. The summed E-state index contributed by atoms with van der Waals surface area (Å²) >= 11 is 0. The number of unbranched alkanes of at least 4 members (excludes halogenated alkanes) is 1. The van der Waals surface area contributed by atoms with E-state index in [0.717, 1.165) is 6.92 Å². The molecule has 3 aromatic carbocycles. The molecule has 0 aliphatic heterocycles. The van der Waals surface area contributed by atoms with E-state index in [4.69, 9.17) is 11.5 Å². The molecular formula is C64H91N13O24. The predicted molar refractivity (Wildman–Crippen MR) is 352 cm³/mol. The maximum atomic E-state index is 14.5. The monoisotopic (exact) mass is 1430 g/mol. The number of nitrogens with two attached hydrogens (primary N) is 2. The second-order valence-electron chi connectivity index (χ2n) is 24.0. The summed E-state index contributed by atoms with van der Waals surface area (Å²) in [7, 11) is 0. The van der Waals surface area contributed by atoms with Crippen LogP contribution in [-0.4, -0.2) is 245 Å². The number of phenolic OH excluding ortho intramolecular Hbond substituents is 2. The van der Waals surface area contributed by atoms with E-state index in [-0.39, 0.29) is 62.1 Å². The van der Waals surface area contributed by atoms with Gasteiger partial charge in [-0.2, -0.15) is 0 Å². The van der Waals surface area contributed by atoms with Crippen molar-refractivity contribution in [1.29, 1.82) is 0 Å². The van der Waals surface area contributed by atoms with Gasteiger partial charge in [0.25, 0.3) is 0 Å². The molecule has 0 aromatic heterocycles. The summed E-state index contributed by atoms with van der Waals surface area (Å²) in [4.78, 5) is 188. The molecule has 0 saturated heterocycles. The average molecular weight is 1430 g/mol. The Morgan fingerprint density at radius 1 is 0.376 bits per heavy atom. The van der Waals surface area contributed by atoms with Gasteiger partial charge in [-0.1, -0.05) is 68.4 Å². The summed E-state index contributed by atoms with van der Waals surface area (Å²) in [6.45, 7) is 2.05. The van der Waals surface area contributed by atoms with Crippen molar-refractivity contribution in [1.82, 2.24) is 58.5 Å². The quantitative estimate of drug-likeness (QED) is 0.0234. The van der Waals surface area contributed by atoms with Gasteiger partial charge in [0, 0.05) is 19.3 Å². The fourth-order valence-electron chi connectivity index (χ4n) is 9.61. The zero-order chi connectivity index (χ0) is 75.8. The highest BCUT2D eigenvalue weighted by Gasteiger charge is 2.39. The number of carbonyl (C=O) groups is 14. The zero-order valence-corrected chi connectivity index (χ0v) is 55.7. The van der Waals surface area contributed by atoms with Crippen molar-refractivity contribution >= 4 is 82.9 Å². The van der Waals surface area contributed by atoms with Crippen LogP contribution in [0.3, 0.4) is 0 Å². The van der Waals surface area contributed by atoms with Gasteiger partial charge in [0.15, 0.2) is 0 Å². The second kappa shape index (κ2) is 42.5. The minimum Gasteiger partial charge on any atom is -0.508 e. The summed E-state index contributed by atoms with van der Waals surface area (Å²) in [5.74, 6) is -19.2. The van der Waals surface area contributed by atoms with Crippen LogP contribution in [0.15, 0.2) is 78.9 Å². The van der Waals surface area contributed by atoms with Gasteiger partial charge in [-0.25, -0.2) is 4.79 Å². The Kier molecular flexibility index (Phi) is 35.7. The number of aliphatic hydroxyl groups excluding tert-OH is 5. The van der Waals surface area contributed by atoms with Crippen LogP contribution in [0.1, 0.15) is 82.9 Å². The maximum Gasteiger partial charge on any atom is 0.328 e. The van der Waals surface area contributed by atoms with Crippen LogP contribution >= 0.6 is 0 Å². The third kappa shape index (κ3) is 29.5. The SMILES string of the molecule is CC(C)C[C@H](NC(=O)[C@H](Cc1ccc(O)cc1)NC(=O)[C@H](CCCCN)NC(=O)[C@H](CO)NC(=O)[C@H](Cc1ccc(O)cc1)NC(=O)[C@H](CC(=O)O)NC(=O)[C@H](CO)NC(=O)[C@@H](NC(=O)[C@H](Cc1ccccc1)NC(=O)[C@@H](N)[C@@H](C)O)[C@@H](C)O)C(=O)N[C@@H](CC(=O)O)C(=O)N[C@@H](CO)C(=O)O. The molecule has 3 aromatic rings. The molecule has 25 N–H and O–H groups in total. The first-order valence-electron chi connectivity index (χ1n) is 31.9. The lowest BCUT2D eigenvalue weighted by molar-refractivity contribution is -0.144. The van der Waals surface area contributed by atoms with Gasteiger partial charge in [-0.05, 0) is 92.9 Å². The Labute approximate surface area is 578 Å². The first-order chi connectivity index (χ1) is 47.6. The number of rotatable bonds is 44. The van der Waals surface area contributed by atoms with E-state index < -0.39 is 213 Å². The van der Waals surface area contributed by atoms with E-state index in [1.807, 2.05) is 5.32 Å². The first kappa shape index (κ1) is 84.8. The fraction of sp³-hybridized carbons (Fsp3) is 0.500. The van der Waals surface area contributed by atoms with Crippen LogP contribution in [0.25, 0.3) is 0 Å². The number of carbonyl (C=O) groups excluding carboxylic acids is 11. The first-order valence-corrected chi connectivity index (χ1v) is 31.9. The van der Waals surface area contributed by atoms with E-state index in [1.54, 1.807) is 44.2 Å². The van der Waals surface area contributed by atoms with E-state index in [1.165, 1.54) is 55.5 Å². The number of hydrogen-bond donors (Lipinski definition) is 23. The largest absolute Gasteiger partial charge is 0.508 e. The molecule has 101 heavy (non-hydrogen) atoms. The van der Waals surface area contributed by atoms with Gasteiger partial charge in [0.1, 0.15) is 84.0 Å². The average Bonchev–Trinajstić information content (AvgIpc) is 0.861. The summed E-state index contributed by atoms with van der Waals surface area (Å²) in [6.07, 6.45) is -6.58. The minimum atomic E-state index is -2.16. The molecule has 0 fully saturated rings. The molecule has 0 unspecified atom stereocenters. The molecule has 37 nitrogen and oxygen atoms in total. The number of nitrogens with one attached hydrogen (secondary N) is 11. The molecule has 0 saturated carbocycles. The van der Waals surface area contributed by atoms with Crippen LogP contribution in [0, 0.1) is 5.92 Å². The number of aliphatic hydroxyl groups is 5. The van der Waals surface area contributed by atoms with Crippen molar-refractivity contribution in [3.05, 3.63) is 95.6 Å². The molecule has 0 heterocycles. The van der Waals surface area contributed by atoms with E-state index >= 15 is 0 Å². The fourth-order valence-corrected chi connectivity index (χ4v) is 9.61. The number of hydrogen-bond acceptors (Lipinski definition) is 23. The normalized spacial score (nSPS) is 15.3. The molecule has 0 aliphatic carbocycles. The standard InChI is InChI=1S/C64H91N13O24/c1-31(2)22-40(54(90)71-45(27-50(87)88)58(94)76-48(30-80)64(100)101)68-55(91)41(24-35-13-17-37(83)18-14-35)69-53(89)39(12-8-9-21-65)67-60(96)46(28-78)74-56(92)42(25-36-15-19-38(84)20-16-36)70-57(93)44(26-49(85)86)72-61(97)47(29-79)75-63(99)52(33(4)82)77-59(95)43(23-34-10-6-5-7-11-34)73-62(98)51(66)32(3)81/h5-7,10-11,13-20,31-33,39-48,51-52,78-84H,8-9,12,21-30,65-66H2,1-4H3,(H,67,96)(H,68,91)(H,69,89)(H,70,93)(H,71,90)(H,72,97)(H,73,98)(H,74,92)(H,75,99)(H,76,94)(H,77,95)(H,85,86)(H,87,88)(H,100,101)/t32-,33-,39+,40+,41+,42+,43+,44+,45+,46+,47+,48+,51+,52+/m1/s1. The molecule has 0 aliphatic rings. The third-order valence-electron chi connectivity index (χ3n) is 15.2. The van der Waals surface area contributed by atoms with Crippen LogP contribution in [0.2, 0.25) is 0 Å². The van der Waals surface area contributed by atoms with Crippen LogP contribution < -0.4 is 70.0 Å².